The zero-order valence-electron chi connectivity index (χ0n) is 20.7. The largest absolute Gasteiger partial charge is 0.369 e. The summed E-state index contributed by atoms with van der Waals surface area (Å²) < 4.78 is 2.10. The molecule has 8 nitrogen and oxygen atoms in total. The van der Waals surface area contributed by atoms with E-state index in [-0.39, 0.29) is 5.92 Å². The highest BCUT2D eigenvalue weighted by Crippen LogP contribution is 2.28. The normalized spacial score (nSPS) is 15.9. The lowest BCUT2D eigenvalue weighted by Gasteiger charge is -2.29. The summed E-state index contributed by atoms with van der Waals surface area (Å²) in [5, 5.41) is 10.4. The Balaban J connectivity index is 1.19. The fourth-order valence-electron chi connectivity index (χ4n) is 5.09. The summed E-state index contributed by atoms with van der Waals surface area (Å²) in [6, 6.07) is 14.9. The van der Waals surface area contributed by atoms with Crippen molar-refractivity contribution in [2.24, 2.45) is 0 Å². The molecule has 1 N–H and O–H groups in total. The zero-order chi connectivity index (χ0) is 24.5. The van der Waals surface area contributed by atoms with E-state index in [0.29, 0.717) is 6.04 Å². The van der Waals surface area contributed by atoms with Crippen LogP contribution in [-0.2, 0) is 0 Å². The number of rotatable bonds is 6. The second-order valence-electron chi connectivity index (χ2n) is 9.75. The average molecular weight is 479 g/mol. The maximum Gasteiger partial charge on any atom is 0.158 e. The van der Waals surface area contributed by atoms with Crippen LogP contribution in [0.5, 0.6) is 0 Å². The number of hydrogen-bond acceptors (Lipinski definition) is 7. The minimum Gasteiger partial charge on any atom is -0.369 e. The highest BCUT2D eigenvalue weighted by molar-refractivity contribution is 5.82. The van der Waals surface area contributed by atoms with Gasteiger partial charge in [-0.1, -0.05) is 31.2 Å². The molecular formula is C28H30N8. The number of hydrogen-bond donors (Lipinski definition) is 1. The van der Waals surface area contributed by atoms with E-state index in [1.807, 2.05) is 30.7 Å². The molecule has 5 aromatic rings. The Bertz CT molecular complexity index is 1500. The minimum atomic E-state index is 0.269. The first kappa shape index (κ1) is 22.5. The second-order valence-corrected chi connectivity index (χ2v) is 9.75. The third-order valence-corrected chi connectivity index (χ3v) is 7.21. The highest BCUT2D eigenvalue weighted by Gasteiger charge is 2.21. The average Bonchev–Trinajstić information content (AvgIpc) is 3.35. The van der Waals surface area contributed by atoms with Crippen LogP contribution in [0.15, 0.2) is 67.4 Å². The number of anilines is 1. The van der Waals surface area contributed by atoms with Crippen molar-refractivity contribution in [2.75, 3.05) is 32.0 Å². The van der Waals surface area contributed by atoms with Gasteiger partial charge in [-0.2, -0.15) is 5.10 Å². The van der Waals surface area contributed by atoms with Crippen molar-refractivity contribution < 1.29 is 0 Å². The quantitative estimate of drug-likeness (QED) is 0.371. The van der Waals surface area contributed by atoms with Crippen LogP contribution in [0.4, 0.5) is 5.82 Å². The Morgan fingerprint density at radius 2 is 1.83 bits per heavy atom. The van der Waals surface area contributed by atoms with Crippen molar-refractivity contribution in [1.82, 2.24) is 34.6 Å². The van der Waals surface area contributed by atoms with Gasteiger partial charge >= 0.3 is 0 Å². The number of nitrogens with one attached hydrogen (secondary N) is 1. The summed E-state index contributed by atoms with van der Waals surface area (Å²) in [4.78, 5) is 20.7. The van der Waals surface area contributed by atoms with Gasteiger partial charge in [-0.05, 0) is 50.7 Å². The third kappa shape index (κ3) is 4.40. The van der Waals surface area contributed by atoms with Gasteiger partial charge in [-0.25, -0.2) is 19.6 Å². The third-order valence-electron chi connectivity index (χ3n) is 7.21. The molecule has 0 saturated carbocycles. The lowest BCUT2D eigenvalue weighted by atomic mass is 9.98. The molecule has 0 radical (unpaired) electrons. The van der Waals surface area contributed by atoms with E-state index in [1.54, 1.807) is 6.33 Å². The summed E-state index contributed by atoms with van der Waals surface area (Å²) >= 11 is 0. The molecule has 1 aromatic carbocycles. The minimum absolute atomic E-state index is 0.269. The molecule has 182 valence electrons. The predicted octanol–water partition coefficient (Wildman–Crippen LogP) is 4.92. The Morgan fingerprint density at radius 3 is 2.72 bits per heavy atom. The molecule has 4 aromatic heterocycles. The van der Waals surface area contributed by atoms with Crippen molar-refractivity contribution in [3.05, 3.63) is 72.9 Å². The lowest BCUT2D eigenvalue weighted by molar-refractivity contribution is 0.215. The van der Waals surface area contributed by atoms with Crippen LogP contribution in [0.3, 0.4) is 0 Å². The van der Waals surface area contributed by atoms with Crippen LogP contribution in [0.1, 0.15) is 37.3 Å². The number of pyridine rings is 2. The zero-order valence-corrected chi connectivity index (χ0v) is 20.7. The van der Waals surface area contributed by atoms with E-state index in [4.69, 9.17) is 4.98 Å². The molecule has 1 unspecified atom stereocenters. The Labute approximate surface area is 210 Å². The van der Waals surface area contributed by atoms with Gasteiger partial charge in [0.1, 0.15) is 12.1 Å². The van der Waals surface area contributed by atoms with Gasteiger partial charge in [0.15, 0.2) is 5.65 Å². The molecule has 0 bridgehead atoms. The Kier molecular flexibility index (Phi) is 6.03. The summed E-state index contributed by atoms with van der Waals surface area (Å²) in [5.74, 6) is 1.06. The summed E-state index contributed by atoms with van der Waals surface area (Å²) in [7, 11) is 2.17. The van der Waals surface area contributed by atoms with E-state index in [0.717, 1.165) is 71.5 Å². The first-order valence-corrected chi connectivity index (χ1v) is 12.6. The first-order chi connectivity index (χ1) is 17.7. The summed E-state index contributed by atoms with van der Waals surface area (Å²) in [5.41, 5.74) is 5.03. The van der Waals surface area contributed by atoms with Gasteiger partial charge < -0.3 is 10.2 Å². The smallest absolute Gasteiger partial charge is 0.158 e. The van der Waals surface area contributed by atoms with Crippen LogP contribution in [0.2, 0.25) is 0 Å². The van der Waals surface area contributed by atoms with Crippen molar-refractivity contribution in [2.45, 2.75) is 31.7 Å². The number of piperidine rings is 1. The number of nitrogens with zero attached hydrogens (tertiary/aromatic N) is 7. The van der Waals surface area contributed by atoms with Gasteiger partial charge in [0.05, 0.1) is 23.4 Å². The molecular weight excluding hydrogens is 448 g/mol. The number of para-hydroxylation sites is 1. The molecule has 1 aliphatic heterocycles. The van der Waals surface area contributed by atoms with E-state index in [2.05, 4.69) is 79.3 Å². The van der Waals surface area contributed by atoms with Crippen LogP contribution in [0.25, 0.3) is 33.2 Å². The number of benzene rings is 1. The van der Waals surface area contributed by atoms with Gasteiger partial charge in [0, 0.05) is 47.3 Å². The molecule has 1 aliphatic rings. The molecule has 1 fully saturated rings. The van der Waals surface area contributed by atoms with Crippen LogP contribution in [0, 0.1) is 0 Å². The van der Waals surface area contributed by atoms with Gasteiger partial charge in [0.25, 0.3) is 0 Å². The van der Waals surface area contributed by atoms with Crippen molar-refractivity contribution in [1.29, 1.82) is 0 Å². The molecule has 5 heterocycles. The fraction of sp³-hybridized carbons (Fsp3) is 0.321. The van der Waals surface area contributed by atoms with E-state index < -0.39 is 0 Å². The standard InChI is InChI=1S/C28H30N8/c1-19(24-7-3-5-20-6-4-10-29-27(20)24)15-30-26-14-25(32-18-33-26)21-13-22-17-34-36(28(22)31-16-21)23-8-11-35(2)12-9-23/h3-7,10,13-14,16-19,23H,8-9,11-12,15H2,1-2H3,(H,30,32,33). The molecule has 1 saturated heterocycles. The highest BCUT2D eigenvalue weighted by atomic mass is 15.3. The number of likely N-dealkylation sites (tertiary alicyclic amines) is 1. The summed E-state index contributed by atoms with van der Waals surface area (Å²) in [6.45, 7) is 5.14. The molecule has 1 atom stereocenters. The fourth-order valence-corrected chi connectivity index (χ4v) is 5.09. The molecule has 36 heavy (non-hydrogen) atoms. The monoisotopic (exact) mass is 478 g/mol. The van der Waals surface area contributed by atoms with Crippen molar-refractivity contribution >= 4 is 27.8 Å². The Hall–Kier alpha value is -3.91. The van der Waals surface area contributed by atoms with E-state index in [9.17, 15) is 0 Å². The maximum atomic E-state index is 4.78. The number of fused-ring (bicyclic) bond motifs is 2. The lowest BCUT2D eigenvalue weighted by Crippen LogP contribution is -2.31. The SMILES string of the molecule is CC(CNc1cc(-c2cnc3c(cnn3C3CCN(C)CC3)c2)ncn1)c1cccc2cccnc12. The van der Waals surface area contributed by atoms with Crippen molar-refractivity contribution in [3.63, 3.8) is 0 Å². The first-order valence-electron chi connectivity index (χ1n) is 12.6. The van der Waals surface area contributed by atoms with Gasteiger partial charge in [0.2, 0.25) is 0 Å². The van der Waals surface area contributed by atoms with Crippen LogP contribution < -0.4 is 5.32 Å². The van der Waals surface area contributed by atoms with E-state index >= 15 is 0 Å². The summed E-state index contributed by atoms with van der Waals surface area (Å²) in [6.07, 6.45) is 9.48. The van der Waals surface area contributed by atoms with Crippen LogP contribution >= 0.6 is 0 Å². The molecule has 6 rings (SSSR count). The topological polar surface area (TPSA) is 84.7 Å². The second kappa shape index (κ2) is 9.62. The van der Waals surface area contributed by atoms with E-state index in [1.165, 1.54) is 5.56 Å². The number of aromatic nitrogens is 6. The van der Waals surface area contributed by atoms with Gasteiger partial charge in [-0.15, -0.1) is 0 Å². The Morgan fingerprint density at radius 1 is 0.972 bits per heavy atom. The predicted molar refractivity (Wildman–Crippen MR) is 143 cm³/mol. The molecule has 0 aliphatic carbocycles. The molecule has 0 amide bonds. The van der Waals surface area contributed by atoms with Gasteiger partial charge in [-0.3, -0.25) is 4.98 Å². The van der Waals surface area contributed by atoms with Crippen molar-refractivity contribution in [3.8, 4) is 11.3 Å². The molecule has 0 spiro atoms. The molecule has 8 heteroatoms. The van der Waals surface area contributed by atoms with Crippen LogP contribution in [-0.4, -0.2) is 61.3 Å². The maximum absolute atomic E-state index is 4.78.